The van der Waals surface area contributed by atoms with E-state index in [1.165, 1.54) is 0 Å². The number of aryl methyl sites for hydroxylation is 1. The molecule has 0 bridgehead atoms. The van der Waals surface area contributed by atoms with Crippen LogP contribution in [0.2, 0.25) is 5.02 Å². The zero-order chi connectivity index (χ0) is 20.5. The topological polar surface area (TPSA) is 45.7 Å². The Labute approximate surface area is 179 Å². The number of carbonyl (C=O) groups excluding carboxylic acids is 1. The second-order valence-electron chi connectivity index (χ2n) is 7.51. The number of thiazole rings is 1. The third kappa shape index (κ3) is 4.19. The fourth-order valence-corrected chi connectivity index (χ4v) is 4.83. The van der Waals surface area contributed by atoms with Crippen molar-refractivity contribution in [1.29, 1.82) is 0 Å². The molecule has 29 heavy (non-hydrogen) atoms. The van der Waals surface area contributed by atoms with Crippen LogP contribution in [0.25, 0.3) is 10.2 Å². The maximum absolute atomic E-state index is 12.8. The summed E-state index contributed by atoms with van der Waals surface area (Å²) in [6.45, 7) is 8.89. The number of amides is 1. The number of carbonyl (C=O) groups is 1. The van der Waals surface area contributed by atoms with Gasteiger partial charge in [-0.1, -0.05) is 29.0 Å². The quantitative estimate of drug-likeness (QED) is 0.585. The lowest BCUT2D eigenvalue weighted by Crippen LogP contribution is -2.48. The van der Waals surface area contributed by atoms with E-state index in [0.29, 0.717) is 18.7 Å². The van der Waals surface area contributed by atoms with Crippen molar-refractivity contribution >= 4 is 44.2 Å². The summed E-state index contributed by atoms with van der Waals surface area (Å²) in [7, 11) is 0. The maximum atomic E-state index is 12.8. The Morgan fingerprint density at radius 3 is 2.41 bits per heavy atom. The van der Waals surface area contributed by atoms with Gasteiger partial charge in [0.25, 0.3) is 5.91 Å². The number of piperazine rings is 1. The number of aromatic nitrogens is 1. The summed E-state index contributed by atoms with van der Waals surface area (Å²) in [4.78, 5) is 21.8. The number of halogens is 1. The SMILES string of the molecule is Cc1ccc(Cl)c2sc(N3CCN(C(=O)c4ccc(OC(C)C)cc4)CC3)nc12. The van der Waals surface area contributed by atoms with E-state index >= 15 is 0 Å². The van der Waals surface area contributed by atoms with Crippen molar-refractivity contribution in [3.8, 4) is 5.75 Å². The molecular formula is C22H24ClN3O2S. The van der Waals surface area contributed by atoms with E-state index < -0.39 is 0 Å². The molecule has 1 fully saturated rings. The molecule has 0 saturated carbocycles. The van der Waals surface area contributed by atoms with E-state index in [1.54, 1.807) is 11.3 Å². The van der Waals surface area contributed by atoms with Gasteiger partial charge >= 0.3 is 0 Å². The average Bonchev–Trinajstić information content (AvgIpc) is 3.17. The molecule has 152 valence electrons. The molecule has 2 aromatic carbocycles. The van der Waals surface area contributed by atoms with Gasteiger partial charge < -0.3 is 14.5 Å². The molecule has 1 aliphatic heterocycles. The highest BCUT2D eigenvalue weighted by atomic mass is 35.5. The number of anilines is 1. The Morgan fingerprint density at radius 2 is 1.79 bits per heavy atom. The normalized spacial score (nSPS) is 14.7. The molecule has 0 N–H and O–H groups in total. The highest BCUT2D eigenvalue weighted by Crippen LogP contribution is 2.35. The summed E-state index contributed by atoms with van der Waals surface area (Å²) in [6, 6.07) is 11.3. The van der Waals surface area contributed by atoms with Crippen molar-refractivity contribution in [2.24, 2.45) is 0 Å². The van der Waals surface area contributed by atoms with E-state index in [-0.39, 0.29) is 12.0 Å². The summed E-state index contributed by atoms with van der Waals surface area (Å²) in [5, 5.41) is 1.71. The molecule has 0 unspecified atom stereocenters. The molecule has 5 nitrogen and oxygen atoms in total. The molecule has 1 aromatic heterocycles. The Morgan fingerprint density at radius 1 is 1.10 bits per heavy atom. The molecule has 0 radical (unpaired) electrons. The Balaban J connectivity index is 1.42. The third-order valence-electron chi connectivity index (χ3n) is 5.00. The Hall–Kier alpha value is -2.31. The van der Waals surface area contributed by atoms with Crippen molar-refractivity contribution in [2.45, 2.75) is 26.9 Å². The van der Waals surface area contributed by atoms with Gasteiger partial charge in [0.15, 0.2) is 5.13 Å². The lowest BCUT2D eigenvalue weighted by Gasteiger charge is -2.34. The number of nitrogens with zero attached hydrogens (tertiary/aromatic N) is 3. The Bertz CT molecular complexity index is 985. The van der Waals surface area contributed by atoms with Crippen molar-refractivity contribution in [3.63, 3.8) is 0 Å². The summed E-state index contributed by atoms with van der Waals surface area (Å²) in [5.41, 5.74) is 2.79. The van der Waals surface area contributed by atoms with Gasteiger partial charge in [-0.25, -0.2) is 4.98 Å². The van der Waals surface area contributed by atoms with Crippen LogP contribution in [-0.2, 0) is 0 Å². The van der Waals surface area contributed by atoms with Crippen LogP contribution >= 0.6 is 22.9 Å². The van der Waals surface area contributed by atoms with Gasteiger partial charge in [0.05, 0.1) is 21.3 Å². The van der Waals surface area contributed by atoms with E-state index in [2.05, 4.69) is 11.8 Å². The van der Waals surface area contributed by atoms with Crippen LogP contribution < -0.4 is 9.64 Å². The van der Waals surface area contributed by atoms with E-state index in [9.17, 15) is 4.79 Å². The zero-order valence-corrected chi connectivity index (χ0v) is 18.4. The largest absolute Gasteiger partial charge is 0.491 e. The average molecular weight is 430 g/mol. The van der Waals surface area contributed by atoms with Gasteiger partial charge in [-0.05, 0) is 56.7 Å². The first-order chi connectivity index (χ1) is 13.9. The molecule has 3 aromatic rings. The Kier molecular flexibility index (Phi) is 5.65. The molecular weight excluding hydrogens is 406 g/mol. The smallest absolute Gasteiger partial charge is 0.253 e. The van der Waals surface area contributed by atoms with E-state index in [4.69, 9.17) is 21.3 Å². The molecule has 1 aliphatic rings. The van der Waals surface area contributed by atoms with Crippen molar-refractivity contribution in [1.82, 2.24) is 9.88 Å². The molecule has 2 heterocycles. The van der Waals surface area contributed by atoms with Crippen LogP contribution in [0.5, 0.6) is 5.75 Å². The number of hydrogen-bond acceptors (Lipinski definition) is 5. The van der Waals surface area contributed by atoms with Gasteiger partial charge in [0, 0.05) is 31.7 Å². The fourth-order valence-electron chi connectivity index (χ4n) is 3.46. The second-order valence-corrected chi connectivity index (χ2v) is 8.89. The van der Waals surface area contributed by atoms with Crippen LogP contribution in [0.15, 0.2) is 36.4 Å². The molecule has 1 saturated heterocycles. The number of ether oxygens (including phenoxy) is 1. The predicted molar refractivity (Wildman–Crippen MR) is 120 cm³/mol. The number of hydrogen-bond donors (Lipinski definition) is 0. The minimum atomic E-state index is 0.0592. The first-order valence-corrected chi connectivity index (χ1v) is 11.0. The van der Waals surface area contributed by atoms with Crippen molar-refractivity contribution in [3.05, 3.63) is 52.5 Å². The van der Waals surface area contributed by atoms with Crippen LogP contribution in [-0.4, -0.2) is 48.1 Å². The van der Waals surface area contributed by atoms with Crippen molar-refractivity contribution in [2.75, 3.05) is 31.1 Å². The van der Waals surface area contributed by atoms with Gasteiger partial charge in [0.1, 0.15) is 5.75 Å². The molecule has 0 atom stereocenters. The highest BCUT2D eigenvalue weighted by Gasteiger charge is 2.24. The van der Waals surface area contributed by atoms with Gasteiger partial charge in [-0.3, -0.25) is 4.79 Å². The lowest BCUT2D eigenvalue weighted by atomic mass is 10.1. The summed E-state index contributed by atoms with van der Waals surface area (Å²) >= 11 is 7.97. The first-order valence-electron chi connectivity index (χ1n) is 9.79. The highest BCUT2D eigenvalue weighted by molar-refractivity contribution is 7.22. The van der Waals surface area contributed by atoms with Crippen LogP contribution in [0.3, 0.4) is 0 Å². The van der Waals surface area contributed by atoms with Crippen LogP contribution in [0, 0.1) is 6.92 Å². The fraction of sp³-hybridized carbons (Fsp3) is 0.364. The minimum absolute atomic E-state index is 0.0592. The van der Waals surface area contributed by atoms with Crippen molar-refractivity contribution < 1.29 is 9.53 Å². The molecule has 1 amide bonds. The molecule has 4 rings (SSSR count). The molecule has 0 aliphatic carbocycles. The van der Waals surface area contributed by atoms with Crippen LogP contribution in [0.4, 0.5) is 5.13 Å². The molecule has 0 spiro atoms. The summed E-state index contributed by atoms with van der Waals surface area (Å²) < 4.78 is 6.68. The van der Waals surface area contributed by atoms with Gasteiger partial charge in [-0.2, -0.15) is 0 Å². The monoisotopic (exact) mass is 429 g/mol. The minimum Gasteiger partial charge on any atom is -0.491 e. The van der Waals surface area contributed by atoms with Crippen LogP contribution in [0.1, 0.15) is 29.8 Å². The number of benzene rings is 2. The number of fused-ring (bicyclic) bond motifs is 1. The zero-order valence-electron chi connectivity index (χ0n) is 16.8. The van der Waals surface area contributed by atoms with Gasteiger partial charge in [0.2, 0.25) is 0 Å². The first kappa shape index (κ1) is 20.0. The number of rotatable bonds is 4. The summed E-state index contributed by atoms with van der Waals surface area (Å²) in [5.74, 6) is 0.843. The van der Waals surface area contributed by atoms with Gasteiger partial charge in [-0.15, -0.1) is 0 Å². The molecule has 7 heteroatoms. The third-order valence-corrected chi connectivity index (χ3v) is 6.57. The lowest BCUT2D eigenvalue weighted by molar-refractivity contribution is 0.0746. The van der Waals surface area contributed by atoms with E-state index in [0.717, 1.165) is 44.8 Å². The maximum Gasteiger partial charge on any atom is 0.253 e. The van der Waals surface area contributed by atoms with E-state index in [1.807, 2.05) is 55.1 Å². The standard InChI is InChI=1S/C22H24ClN3O2S/c1-14(2)28-17-7-5-16(6-8-17)21(27)25-10-12-26(13-11-25)22-24-19-15(3)4-9-18(23)20(19)29-22/h4-9,14H,10-13H2,1-3H3. The predicted octanol–water partition coefficient (Wildman–Crippen LogP) is 5.01. The summed E-state index contributed by atoms with van der Waals surface area (Å²) in [6.07, 6.45) is 0.116. The second kappa shape index (κ2) is 8.20.